The van der Waals surface area contributed by atoms with E-state index in [0.29, 0.717) is 10.8 Å². The lowest BCUT2D eigenvalue weighted by Gasteiger charge is -2.53. The van der Waals surface area contributed by atoms with Crippen LogP contribution in [0.3, 0.4) is 0 Å². The van der Waals surface area contributed by atoms with Crippen LogP contribution in [0.1, 0.15) is 52.9 Å². The van der Waals surface area contributed by atoms with Gasteiger partial charge in [-0.05, 0) is 54.8 Å². The second kappa shape index (κ2) is 3.28. The van der Waals surface area contributed by atoms with Gasteiger partial charge in [0.25, 0.3) is 0 Å². The summed E-state index contributed by atoms with van der Waals surface area (Å²) in [5.74, 6) is 2.67. The van der Waals surface area contributed by atoms with Crippen LogP contribution in [0.5, 0.6) is 0 Å². The van der Waals surface area contributed by atoms with Crippen LogP contribution < -0.4 is 0 Å². The van der Waals surface area contributed by atoms with Crippen molar-refractivity contribution in [1.82, 2.24) is 0 Å². The Bertz CT molecular complexity index is 352. The summed E-state index contributed by atoms with van der Waals surface area (Å²) in [6, 6.07) is 0. The molecule has 0 amide bonds. The summed E-state index contributed by atoms with van der Waals surface area (Å²) in [5, 5.41) is 0. The Kier molecular flexibility index (Phi) is 2.28. The Hall–Kier alpha value is 0.0300. The molecule has 0 aliphatic heterocycles. The third kappa shape index (κ3) is 1.35. The molecule has 0 spiro atoms. The standard InChI is InChI=1S/C15H23Cl/c1-14(2)7-10-6-11(9-16)12-4-5-15(12,3)13(10)8-14/h10,13H,4-9H2,1-3H3/t10-,13+,15+/m1/s1. The van der Waals surface area contributed by atoms with Crippen molar-refractivity contribution in [2.45, 2.75) is 52.9 Å². The molecule has 16 heavy (non-hydrogen) atoms. The average molecular weight is 239 g/mol. The Morgan fingerprint density at radius 1 is 1.25 bits per heavy atom. The predicted octanol–water partition coefficient (Wildman–Crippen LogP) is 4.78. The van der Waals surface area contributed by atoms with Crippen LogP contribution >= 0.6 is 11.6 Å². The zero-order valence-corrected chi connectivity index (χ0v) is 11.5. The lowest BCUT2D eigenvalue weighted by Crippen LogP contribution is -2.43. The molecule has 0 unspecified atom stereocenters. The van der Waals surface area contributed by atoms with E-state index in [0.717, 1.165) is 17.7 Å². The number of halogens is 1. The van der Waals surface area contributed by atoms with Gasteiger partial charge in [-0.1, -0.05) is 31.9 Å². The number of hydrogen-bond acceptors (Lipinski definition) is 0. The maximum atomic E-state index is 6.14. The third-order valence-corrected chi connectivity index (χ3v) is 5.98. The van der Waals surface area contributed by atoms with E-state index in [2.05, 4.69) is 20.8 Å². The molecule has 3 atom stereocenters. The molecular weight excluding hydrogens is 216 g/mol. The first-order valence-corrected chi connectivity index (χ1v) is 7.27. The summed E-state index contributed by atoms with van der Waals surface area (Å²) in [5.41, 5.74) is 4.47. The second-order valence-electron chi connectivity index (χ2n) is 7.28. The normalized spacial score (nSPS) is 45.0. The van der Waals surface area contributed by atoms with Crippen molar-refractivity contribution in [2.75, 3.05) is 5.88 Å². The molecule has 2 saturated carbocycles. The van der Waals surface area contributed by atoms with Gasteiger partial charge in [-0.15, -0.1) is 11.6 Å². The van der Waals surface area contributed by atoms with Crippen molar-refractivity contribution < 1.29 is 0 Å². The maximum absolute atomic E-state index is 6.14. The molecule has 3 rings (SSSR count). The van der Waals surface area contributed by atoms with Crippen LogP contribution in [0.25, 0.3) is 0 Å². The van der Waals surface area contributed by atoms with Gasteiger partial charge in [0.15, 0.2) is 0 Å². The van der Waals surface area contributed by atoms with E-state index in [1.807, 2.05) is 0 Å². The second-order valence-corrected chi connectivity index (χ2v) is 7.54. The summed E-state index contributed by atoms with van der Waals surface area (Å²) in [6.07, 6.45) is 6.92. The largest absolute Gasteiger partial charge is 0.122 e. The van der Waals surface area contributed by atoms with Gasteiger partial charge < -0.3 is 0 Å². The molecule has 0 heterocycles. The van der Waals surface area contributed by atoms with Crippen molar-refractivity contribution in [3.05, 3.63) is 11.1 Å². The first kappa shape index (κ1) is 11.1. The monoisotopic (exact) mass is 238 g/mol. The van der Waals surface area contributed by atoms with Crippen molar-refractivity contribution >= 4 is 11.6 Å². The van der Waals surface area contributed by atoms with E-state index in [-0.39, 0.29) is 0 Å². The van der Waals surface area contributed by atoms with Crippen LogP contribution in [0.15, 0.2) is 11.1 Å². The molecular formula is C15H23Cl. The van der Waals surface area contributed by atoms with Crippen molar-refractivity contribution in [1.29, 1.82) is 0 Å². The van der Waals surface area contributed by atoms with Gasteiger partial charge in [-0.3, -0.25) is 0 Å². The molecule has 1 heteroatoms. The highest BCUT2D eigenvalue weighted by atomic mass is 35.5. The Morgan fingerprint density at radius 2 is 2.00 bits per heavy atom. The third-order valence-electron chi connectivity index (χ3n) is 5.66. The molecule has 0 saturated heterocycles. The minimum atomic E-state index is 0.543. The van der Waals surface area contributed by atoms with Crippen molar-refractivity contribution in [3.8, 4) is 0 Å². The van der Waals surface area contributed by atoms with Crippen LogP contribution in [-0.2, 0) is 0 Å². The van der Waals surface area contributed by atoms with Crippen LogP contribution in [-0.4, -0.2) is 5.88 Å². The van der Waals surface area contributed by atoms with E-state index < -0.39 is 0 Å². The zero-order valence-electron chi connectivity index (χ0n) is 10.8. The van der Waals surface area contributed by atoms with Gasteiger partial charge in [0, 0.05) is 5.88 Å². The van der Waals surface area contributed by atoms with E-state index in [4.69, 9.17) is 11.6 Å². The molecule has 0 aromatic rings. The summed E-state index contributed by atoms with van der Waals surface area (Å²) < 4.78 is 0. The fourth-order valence-electron chi connectivity index (χ4n) is 4.87. The van der Waals surface area contributed by atoms with Crippen molar-refractivity contribution in [2.24, 2.45) is 22.7 Å². The summed E-state index contributed by atoms with van der Waals surface area (Å²) in [4.78, 5) is 0. The SMILES string of the molecule is CC1(C)C[C@H]2CC(CCl)=C3CC[C@]3(C)[C@H]2C1. The van der Waals surface area contributed by atoms with Gasteiger partial charge in [-0.25, -0.2) is 0 Å². The van der Waals surface area contributed by atoms with Gasteiger partial charge >= 0.3 is 0 Å². The summed E-state index contributed by atoms with van der Waals surface area (Å²) in [7, 11) is 0. The zero-order chi connectivity index (χ0) is 11.6. The van der Waals surface area contributed by atoms with Gasteiger partial charge in [0.05, 0.1) is 0 Å². The minimum Gasteiger partial charge on any atom is -0.122 e. The summed E-state index contributed by atoms with van der Waals surface area (Å²) in [6.45, 7) is 7.41. The van der Waals surface area contributed by atoms with E-state index in [9.17, 15) is 0 Å². The molecule has 0 nitrogen and oxygen atoms in total. The van der Waals surface area contributed by atoms with Crippen LogP contribution in [0.4, 0.5) is 0 Å². The molecule has 90 valence electrons. The predicted molar refractivity (Wildman–Crippen MR) is 69.7 cm³/mol. The Labute approximate surface area is 104 Å². The Morgan fingerprint density at radius 3 is 2.56 bits per heavy atom. The number of hydrogen-bond donors (Lipinski definition) is 0. The molecule has 0 radical (unpaired) electrons. The molecule has 0 N–H and O–H groups in total. The smallest absolute Gasteiger partial charge is 0.0436 e. The number of rotatable bonds is 1. The highest BCUT2D eigenvalue weighted by molar-refractivity contribution is 6.19. The number of alkyl halides is 1. The Balaban J connectivity index is 1.97. The van der Waals surface area contributed by atoms with E-state index in [1.54, 1.807) is 11.1 Å². The highest BCUT2D eigenvalue weighted by Crippen LogP contribution is 2.66. The molecule has 2 fully saturated rings. The quantitative estimate of drug-likeness (QED) is 0.456. The lowest BCUT2D eigenvalue weighted by molar-refractivity contribution is 0.0948. The maximum Gasteiger partial charge on any atom is 0.0436 e. The molecule has 0 aromatic carbocycles. The summed E-state index contributed by atoms with van der Waals surface area (Å²) >= 11 is 6.14. The topological polar surface area (TPSA) is 0 Å². The minimum absolute atomic E-state index is 0.543. The molecule has 0 aromatic heterocycles. The van der Waals surface area contributed by atoms with Crippen LogP contribution in [0, 0.1) is 22.7 Å². The van der Waals surface area contributed by atoms with Crippen LogP contribution in [0.2, 0.25) is 0 Å². The first-order valence-electron chi connectivity index (χ1n) is 6.74. The van der Waals surface area contributed by atoms with Crippen molar-refractivity contribution in [3.63, 3.8) is 0 Å². The number of fused-ring (bicyclic) bond motifs is 3. The van der Waals surface area contributed by atoms with Gasteiger partial charge in [-0.2, -0.15) is 0 Å². The molecule has 3 aliphatic rings. The van der Waals surface area contributed by atoms with Gasteiger partial charge in [0.2, 0.25) is 0 Å². The lowest BCUT2D eigenvalue weighted by atomic mass is 9.51. The van der Waals surface area contributed by atoms with Gasteiger partial charge in [0.1, 0.15) is 0 Å². The number of allylic oxidation sites excluding steroid dienone is 2. The molecule has 0 bridgehead atoms. The molecule has 3 aliphatic carbocycles. The highest BCUT2D eigenvalue weighted by Gasteiger charge is 2.55. The van der Waals surface area contributed by atoms with E-state index >= 15 is 0 Å². The van der Waals surface area contributed by atoms with E-state index in [1.165, 1.54) is 32.1 Å². The first-order chi connectivity index (χ1) is 7.46. The fourth-order valence-corrected chi connectivity index (χ4v) is 5.14. The fraction of sp³-hybridized carbons (Fsp3) is 0.867. The average Bonchev–Trinajstić information content (AvgIpc) is 2.49.